The van der Waals surface area contributed by atoms with Crippen LogP contribution in [0.15, 0.2) is 6.07 Å². The van der Waals surface area contributed by atoms with E-state index in [1.54, 1.807) is 11.3 Å². The number of hydrogen-bond donors (Lipinski definition) is 1. The first-order valence-corrected chi connectivity index (χ1v) is 8.68. The first-order valence-electron chi connectivity index (χ1n) is 7.04. The Bertz CT molecular complexity index is 824. The fraction of sp³-hybridized carbons (Fsp3) is 0.400. The molecule has 0 radical (unpaired) electrons. The van der Waals surface area contributed by atoms with Crippen molar-refractivity contribution in [2.45, 2.75) is 33.7 Å². The summed E-state index contributed by atoms with van der Waals surface area (Å²) < 4.78 is 1.83. The van der Waals surface area contributed by atoms with Gasteiger partial charge in [0.25, 0.3) is 5.91 Å². The number of nitrogens with zero attached hydrogens (tertiary/aromatic N) is 3. The Balaban J connectivity index is 1.83. The van der Waals surface area contributed by atoms with Crippen molar-refractivity contribution in [3.8, 4) is 0 Å². The minimum Gasteiger partial charge on any atom is -0.344 e. The highest BCUT2D eigenvalue weighted by Crippen LogP contribution is 2.29. The highest BCUT2D eigenvalue weighted by molar-refractivity contribution is 7.20. The van der Waals surface area contributed by atoms with Gasteiger partial charge in [0.2, 0.25) is 0 Å². The summed E-state index contributed by atoms with van der Waals surface area (Å²) in [6.07, 6.45) is 0. The molecule has 3 aromatic rings. The third-order valence-electron chi connectivity index (χ3n) is 3.60. The van der Waals surface area contributed by atoms with Crippen molar-refractivity contribution in [3.63, 3.8) is 0 Å². The molecule has 0 aliphatic carbocycles. The number of fused-ring (bicyclic) bond motifs is 1. The predicted molar refractivity (Wildman–Crippen MR) is 90.8 cm³/mol. The molecule has 116 valence electrons. The van der Waals surface area contributed by atoms with E-state index in [1.165, 1.54) is 11.3 Å². The fourth-order valence-electron chi connectivity index (χ4n) is 2.60. The quantitative estimate of drug-likeness (QED) is 0.797. The minimum atomic E-state index is -0.0430. The predicted octanol–water partition coefficient (Wildman–Crippen LogP) is 3.51. The number of amides is 1. The molecular formula is C15H18N4OS2. The normalized spacial score (nSPS) is 12.8. The smallest absolute Gasteiger partial charge is 0.261 e. The van der Waals surface area contributed by atoms with Crippen LogP contribution in [0.3, 0.4) is 0 Å². The average molecular weight is 334 g/mol. The van der Waals surface area contributed by atoms with Crippen molar-refractivity contribution in [1.82, 2.24) is 20.1 Å². The van der Waals surface area contributed by atoms with Crippen LogP contribution in [0.25, 0.3) is 10.2 Å². The maximum atomic E-state index is 12.5. The molecule has 3 rings (SSSR count). The summed E-state index contributed by atoms with van der Waals surface area (Å²) in [5.74, 6) is -0.0430. The molecule has 5 nitrogen and oxygen atoms in total. The highest BCUT2D eigenvalue weighted by Gasteiger charge is 2.19. The molecule has 0 aromatic carbocycles. The van der Waals surface area contributed by atoms with Crippen molar-refractivity contribution >= 4 is 38.8 Å². The molecule has 0 saturated carbocycles. The fourth-order valence-corrected chi connectivity index (χ4v) is 4.56. The van der Waals surface area contributed by atoms with Gasteiger partial charge in [-0.1, -0.05) is 0 Å². The van der Waals surface area contributed by atoms with Crippen LogP contribution in [0, 0.1) is 20.8 Å². The number of thiazole rings is 1. The maximum absolute atomic E-state index is 12.5. The molecule has 0 aliphatic heterocycles. The summed E-state index contributed by atoms with van der Waals surface area (Å²) in [5.41, 5.74) is 1.95. The number of carbonyl (C=O) groups excluding carboxylic acids is 1. The molecule has 1 N–H and O–H groups in total. The van der Waals surface area contributed by atoms with Gasteiger partial charge in [0.05, 0.1) is 27.3 Å². The molecule has 0 spiro atoms. The van der Waals surface area contributed by atoms with Crippen LogP contribution in [0.1, 0.15) is 43.9 Å². The van der Waals surface area contributed by atoms with Crippen molar-refractivity contribution in [2.24, 2.45) is 7.05 Å². The number of hydrogen-bond acceptors (Lipinski definition) is 5. The Hall–Kier alpha value is -1.73. The molecule has 22 heavy (non-hydrogen) atoms. The third-order valence-corrected chi connectivity index (χ3v) is 6.06. The van der Waals surface area contributed by atoms with Crippen molar-refractivity contribution in [3.05, 3.63) is 32.2 Å². The highest BCUT2D eigenvalue weighted by atomic mass is 32.1. The molecule has 0 saturated heterocycles. The number of rotatable bonds is 3. The molecule has 1 unspecified atom stereocenters. The summed E-state index contributed by atoms with van der Waals surface area (Å²) in [6.45, 7) is 7.92. The lowest BCUT2D eigenvalue weighted by molar-refractivity contribution is 0.0944. The van der Waals surface area contributed by atoms with Gasteiger partial charge in [-0.15, -0.1) is 22.7 Å². The monoisotopic (exact) mass is 334 g/mol. The van der Waals surface area contributed by atoms with Gasteiger partial charge in [0, 0.05) is 17.3 Å². The van der Waals surface area contributed by atoms with Crippen LogP contribution in [0.5, 0.6) is 0 Å². The second kappa shape index (κ2) is 5.48. The van der Waals surface area contributed by atoms with Gasteiger partial charge in [-0.25, -0.2) is 4.98 Å². The zero-order chi connectivity index (χ0) is 16.0. The summed E-state index contributed by atoms with van der Waals surface area (Å²) in [4.78, 5) is 19.8. The van der Waals surface area contributed by atoms with Gasteiger partial charge < -0.3 is 5.32 Å². The third kappa shape index (κ3) is 2.55. The number of carbonyl (C=O) groups is 1. The number of aryl methyl sites for hydroxylation is 4. The topological polar surface area (TPSA) is 59.8 Å². The lowest BCUT2D eigenvalue weighted by Gasteiger charge is -2.11. The zero-order valence-electron chi connectivity index (χ0n) is 13.2. The second-order valence-corrected chi connectivity index (χ2v) is 7.68. The summed E-state index contributed by atoms with van der Waals surface area (Å²) in [6, 6.07) is 1.89. The summed E-state index contributed by atoms with van der Waals surface area (Å²) in [7, 11) is 1.90. The van der Waals surface area contributed by atoms with Crippen molar-refractivity contribution < 1.29 is 4.79 Å². The van der Waals surface area contributed by atoms with Crippen molar-refractivity contribution in [1.29, 1.82) is 0 Å². The van der Waals surface area contributed by atoms with E-state index in [0.717, 1.165) is 36.4 Å². The van der Waals surface area contributed by atoms with Gasteiger partial charge in [0.1, 0.15) is 4.83 Å². The first-order chi connectivity index (χ1) is 10.4. The maximum Gasteiger partial charge on any atom is 0.261 e. The van der Waals surface area contributed by atoms with Gasteiger partial charge in [-0.3, -0.25) is 9.48 Å². The van der Waals surface area contributed by atoms with Crippen LogP contribution in [-0.4, -0.2) is 20.7 Å². The average Bonchev–Trinajstić information content (AvgIpc) is 3.07. The minimum absolute atomic E-state index is 0.0388. The van der Waals surface area contributed by atoms with Crippen molar-refractivity contribution in [2.75, 3.05) is 0 Å². The van der Waals surface area contributed by atoms with E-state index >= 15 is 0 Å². The molecule has 7 heteroatoms. The molecule has 1 atom stereocenters. The van der Waals surface area contributed by atoms with E-state index in [0.29, 0.717) is 0 Å². The van der Waals surface area contributed by atoms with Crippen LogP contribution in [0.2, 0.25) is 0 Å². The van der Waals surface area contributed by atoms with Crippen LogP contribution in [-0.2, 0) is 7.05 Å². The molecule has 0 aliphatic rings. The number of thiophene rings is 1. The van der Waals surface area contributed by atoms with Gasteiger partial charge in [-0.2, -0.15) is 5.10 Å². The Kier molecular flexibility index (Phi) is 3.78. The van der Waals surface area contributed by atoms with Crippen LogP contribution in [0.4, 0.5) is 0 Å². The molecule has 0 fully saturated rings. The summed E-state index contributed by atoms with van der Waals surface area (Å²) >= 11 is 3.11. The Morgan fingerprint density at radius 3 is 2.59 bits per heavy atom. The lowest BCUT2D eigenvalue weighted by Crippen LogP contribution is -2.25. The standard InChI is InChI=1S/C15H18N4OS2/c1-7-11-6-12(22-15(11)19(5)18-7)14(20)17-9(3)13-8(2)16-10(4)21-13/h6,9H,1-5H3,(H,17,20). The second-order valence-electron chi connectivity index (χ2n) is 5.42. The van der Waals surface area contributed by atoms with E-state index in [4.69, 9.17) is 0 Å². The Morgan fingerprint density at radius 1 is 1.27 bits per heavy atom. The van der Waals surface area contributed by atoms with E-state index in [-0.39, 0.29) is 11.9 Å². The zero-order valence-corrected chi connectivity index (χ0v) is 14.9. The van der Waals surface area contributed by atoms with Gasteiger partial charge >= 0.3 is 0 Å². The molecule has 1 amide bonds. The van der Waals surface area contributed by atoms with Gasteiger partial charge in [-0.05, 0) is 33.8 Å². The SMILES string of the molecule is Cc1nc(C)c(C(C)NC(=O)c2cc3c(C)nn(C)c3s2)s1. The summed E-state index contributed by atoms with van der Waals surface area (Å²) in [5, 5.41) is 9.51. The number of aromatic nitrogens is 3. The van der Waals surface area contributed by atoms with Crippen LogP contribution >= 0.6 is 22.7 Å². The Labute approximate surface area is 137 Å². The van der Waals surface area contributed by atoms with Crippen LogP contribution < -0.4 is 5.32 Å². The van der Waals surface area contributed by atoms with Gasteiger partial charge in [0.15, 0.2) is 0 Å². The first kappa shape index (κ1) is 15.2. The molecular weight excluding hydrogens is 316 g/mol. The van der Waals surface area contributed by atoms with E-state index in [9.17, 15) is 4.79 Å². The number of nitrogens with one attached hydrogen (secondary N) is 1. The molecule has 3 aromatic heterocycles. The Morgan fingerprint density at radius 2 is 2.00 bits per heavy atom. The van der Waals surface area contributed by atoms with E-state index in [2.05, 4.69) is 15.4 Å². The molecule has 0 bridgehead atoms. The largest absolute Gasteiger partial charge is 0.344 e. The van der Waals surface area contributed by atoms with E-state index in [1.807, 2.05) is 45.5 Å². The lowest BCUT2D eigenvalue weighted by atomic mass is 10.2. The van der Waals surface area contributed by atoms with E-state index < -0.39 is 0 Å². The molecule has 3 heterocycles.